The summed E-state index contributed by atoms with van der Waals surface area (Å²) in [5.74, 6) is -2.37. The predicted molar refractivity (Wildman–Crippen MR) is 139 cm³/mol. The van der Waals surface area contributed by atoms with Crippen LogP contribution in [0.2, 0.25) is 0 Å². The first-order chi connectivity index (χ1) is 18.8. The van der Waals surface area contributed by atoms with Crippen molar-refractivity contribution in [2.24, 2.45) is 5.92 Å². The van der Waals surface area contributed by atoms with E-state index in [1.54, 1.807) is 10.8 Å². The molecule has 3 aliphatic rings. The molecule has 0 atom stereocenters. The fourth-order valence-electron chi connectivity index (χ4n) is 5.71. The van der Waals surface area contributed by atoms with Gasteiger partial charge in [0.05, 0.1) is 12.3 Å². The highest BCUT2D eigenvalue weighted by molar-refractivity contribution is 5.79. The molecule has 9 nitrogen and oxygen atoms in total. The minimum Gasteiger partial charge on any atom is -0.393 e. The lowest BCUT2D eigenvalue weighted by molar-refractivity contribution is -0.126. The summed E-state index contributed by atoms with van der Waals surface area (Å²) in [6.45, 7) is 0. The van der Waals surface area contributed by atoms with Gasteiger partial charge in [-0.3, -0.25) is 9.36 Å². The average Bonchev–Trinajstić information content (AvgIpc) is 3.65. The van der Waals surface area contributed by atoms with Gasteiger partial charge in [-0.2, -0.15) is 4.98 Å². The van der Waals surface area contributed by atoms with Gasteiger partial charge in [-0.05, 0) is 64.2 Å². The molecule has 1 aromatic carbocycles. The maximum Gasteiger partial charge on any atom is 0.224 e. The zero-order valence-corrected chi connectivity index (χ0v) is 21.5. The quantitative estimate of drug-likeness (QED) is 0.341. The molecule has 3 aromatic rings. The molecule has 0 saturated heterocycles. The number of anilines is 3. The lowest BCUT2D eigenvalue weighted by Gasteiger charge is -2.29. The summed E-state index contributed by atoms with van der Waals surface area (Å²) in [4.78, 5) is 26.1. The lowest BCUT2D eigenvalue weighted by atomic mass is 9.85. The molecule has 0 bridgehead atoms. The third-order valence-corrected chi connectivity index (χ3v) is 8.06. The zero-order chi connectivity index (χ0) is 27.1. The van der Waals surface area contributed by atoms with E-state index in [0.29, 0.717) is 61.0 Å². The number of aliphatic hydroxyl groups excluding tert-OH is 1. The molecular formula is C27H32F3N7O2. The van der Waals surface area contributed by atoms with Crippen LogP contribution in [0.4, 0.5) is 30.8 Å². The average molecular weight is 544 g/mol. The Hall–Kier alpha value is -3.41. The van der Waals surface area contributed by atoms with Crippen molar-refractivity contribution in [1.29, 1.82) is 0 Å². The Kier molecular flexibility index (Phi) is 7.05. The summed E-state index contributed by atoms with van der Waals surface area (Å²) in [7, 11) is 0. The van der Waals surface area contributed by atoms with Gasteiger partial charge in [0.25, 0.3) is 0 Å². The molecule has 0 radical (unpaired) electrons. The molecule has 12 heteroatoms. The number of carbonyl (C=O) groups is 1. The third-order valence-electron chi connectivity index (χ3n) is 8.06. The maximum absolute atomic E-state index is 14.5. The Balaban J connectivity index is 1.24. The maximum atomic E-state index is 14.5. The van der Waals surface area contributed by atoms with E-state index in [0.717, 1.165) is 38.5 Å². The molecule has 3 aliphatic carbocycles. The van der Waals surface area contributed by atoms with Gasteiger partial charge in [0.15, 0.2) is 17.3 Å². The lowest BCUT2D eigenvalue weighted by Crippen LogP contribution is -2.37. The minimum absolute atomic E-state index is 0.0380. The molecule has 1 amide bonds. The minimum atomic E-state index is -1.07. The molecule has 0 aliphatic heterocycles. The van der Waals surface area contributed by atoms with Crippen molar-refractivity contribution in [3.63, 3.8) is 0 Å². The monoisotopic (exact) mass is 543 g/mol. The summed E-state index contributed by atoms with van der Waals surface area (Å²) >= 11 is 0. The van der Waals surface area contributed by atoms with Crippen molar-refractivity contribution < 1.29 is 23.1 Å². The summed E-state index contributed by atoms with van der Waals surface area (Å²) in [5.41, 5.74) is 0.437. The second kappa shape index (κ2) is 10.6. The Morgan fingerprint density at radius 2 is 1.56 bits per heavy atom. The molecule has 3 saturated carbocycles. The number of nitrogens with one attached hydrogen (secondary N) is 3. The van der Waals surface area contributed by atoms with E-state index in [-0.39, 0.29) is 29.9 Å². The van der Waals surface area contributed by atoms with E-state index in [2.05, 4.69) is 25.9 Å². The van der Waals surface area contributed by atoms with Crippen molar-refractivity contribution in [1.82, 2.24) is 24.8 Å². The van der Waals surface area contributed by atoms with Gasteiger partial charge in [-0.1, -0.05) is 0 Å². The van der Waals surface area contributed by atoms with Gasteiger partial charge in [-0.15, -0.1) is 0 Å². The van der Waals surface area contributed by atoms with E-state index in [4.69, 9.17) is 4.98 Å². The number of carbonyl (C=O) groups excluding carboxylic acids is 1. The zero-order valence-electron chi connectivity index (χ0n) is 21.5. The highest BCUT2D eigenvalue weighted by atomic mass is 19.1. The van der Waals surface area contributed by atoms with Gasteiger partial charge in [0.2, 0.25) is 17.8 Å². The largest absolute Gasteiger partial charge is 0.393 e. The number of hydrogen-bond donors (Lipinski definition) is 4. The highest BCUT2D eigenvalue weighted by Gasteiger charge is 2.31. The van der Waals surface area contributed by atoms with Crippen LogP contribution in [0.25, 0.3) is 11.2 Å². The Morgan fingerprint density at radius 3 is 2.23 bits per heavy atom. The summed E-state index contributed by atoms with van der Waals surface area (Å²) < 4.78 is 44.2. The molecule has 0 spiro atoms. The van der Waals surface area contributed by atoms with Gasteiger partial charge in [0.1, 0.15) is 17.0 Å². The first-order valence-electron chi connectivity index (χ1n) is 13.8. The van der Waals surface area contributed by atoms with Crippen LogP contribution in [-0.2, 0) is 4.79 Å². The van der Waals surface area contributed by atoms with E-state index in [9.17, 15) is 23.1 Å². The Morgan fingerprint density at radius 1 is 0.897 bits per heavy atom. The second-order valence-electron chi connectivity index (χ2n) is 11.0. The van der Waals surface area contributed by atoms with Crippen LogP contribution in [0.5, 0.6) is 0 Å². The standard InChI is InChI=1S/C27H32F3N7O2/c28-15-11-20(29)23(21(30)12-15)35-27-34-22-13-31-26(36-24(22)37(27)18-7-9-19(38)10-8-18)33-17-3-1-14(2-4-17)25(39)32-16-5-6-16/h11-14,16-19,38H,1-10H2,(H,32,39)(H,34,35)(H,31,33,36). The van der Waals surface area contributed by atoms with Gasteiger partial charge in [0, 0.05) is 36.2 Å². The Bertz CT molecular complexity index is 1340. The van der Waals surface area contributed by atoms with Crippen molar-refractivity contribution in [3.05, 3.63) is 35.8 Å². The molecule has 39 heavy (non-hydrogen) atoms. The molecular weight excluding hydrogens is 511 g/mol. The number of nitrogens with zero attached hydrogens (tertiary/aromatic N) is 4. The van der Waals surface area contributed by atoms with Crippen molar-refractivity contribution in [3.8, 4) is 0 Å². The van der Waals surface area contributed by atoms with E-state index < -0.39 is 29.2 Å². The molecule has 6 rings (SSSR count). The molecule has 0 unspecified atom stereocenters. The number of halogens is 3. The van der Waals surface area contributed by atoms with Crippen LogP contribution in [0.3, 0.4) is 0 Å². The smallest absolute Gasteiger partial charge is 0.224 e. The number of imidazole rings is 1. The fourth-order valence-corrected chi connectivity index (χ4v) is 5.71. The predicted octanol–water partition coefficient (Wildman–Crippen LogP) is 4.71. The number of benzene rings is 1. The van der Waals surface area contributed by atoms with Crippen LogP contribution in [0.1, 0.15) is 70.3 Å². The van der Waals surface area contributed by atoms with Gasteiger partial charge >= 0.3 is 0 Å². The Labute approximate surface area is 223 Å². The SMILES string of the molecule is O=C(NC1CC1)C1CCC(Nc2ncc3nc(Nc4c(F)cc(F)cc4F)n(C4CCC(O)CC4)c3n2)CC1. The molecule has 2 heterocycles. The highest BCUT2D eigenvalue weighted by Crippen LogP contribution is 2.36. The molecule has 4 N–H and O–H groups in total. The van der Waals surface area contributed by atoms with E-state index in [1.165, 1.54) is 0 Å². The molecule has 3 fully saturated rings. The topological polar surface area (TPSA) is 117 Å². The van der Waals surface area contributed by atoms with Crippen LogP contribution < -0.4 is 16.0 Å². The normalized spacial score (nSPS) is 25.4. The summed E-state index contributed by atoms with van der Waals surface area (Å²) in [5, 5.41) is 19.2. The summed E-state index contributed by atoms with van der Waals surface area (Å²) in [6, 6.07) is 1.59. The number of rotatable bonds is 7. The van der Waals surface area contributed by atoms with E-state index in [1.807, 2.05) is 0 Å². The molecule has 208 valence electrons. The molecule has 2 aromatic heterocycles. The first-order valence-corrected chi connectivity index (χ1v) is 13.8. The second-order valence-corrected chi connectivity index (χ2v) is 11.0. The fraction of sp³-hybridized carbons (Fsp3) is 0.556. The van der Waals surface area contributed by atoms with Crippen LogP contribution in [0.15, 0.2) is 18.3 Å². The van der Waals surface area contributed by atoms with Crippen molar-refractivity contribution in [2.75, 3.05) is 10.6 Å². The number of hydrogen-bond acceptors (Lipinski definition) is 7. The van der Waals surface area contributed by atoms with Crippen LogP contribution >= 0.6 is 0 Å². The summed E-state index contributed by atoms with van der Waals surface area (Å²) in [6.07, 6.45) is 8.98. The number of fused-ring (bicyclic) bond motifs is 1. The first kappa shape index (κ1) is 25.8. The number of aromatic nitrogens is 4. The third kappa shape index (κ3) is 5.66. The number of aliphatic hydroxyl groups is 1. The van der Waals surface area contributed by atoms with Gasteiger partial charge in [-0.25, -0.2) is 23.1 Å². The van der Waals surface area contributed by atoms with Gasteiger partial charge < -0.3 is 21.1 Å². The van der Waals surface area contributed by atoms with Crippen LogP contribution in [-0.4, -0.2) is 48.7 Å². The van der Waals surface area contributed by atoms with E-state index >= 15 is 0 Å². The number of amides is 1. The van der Waals surface area contributed by atoms with Crippen LogP contribution in [0, 0.1) is 23.4 Å². The van der Waals surface area contributed by atoms with Crippen molar-refractivity contribution >= 4 is 34.7 Å². The van der Waals surface area contributed by atoms with Crippen molar-refractivity contribution in [2.45, 2.75) is 88.4 Å².